The predicted molar refractivity (Wildman–Crippen MR) is 199 cm³/mol. The van der Waals surface area contributed by atoms with Crippen LogP contribution in [-0.2, 0) is 45.1 Å². The summed E-state index contributed by atoms with van der Waals surface area (Å²) in [6.07, 6.45) is -0.720. The molecule has 1 aliphatic rings. The van der Waals surface area contributed by atoms with Crippen LogP contribution < -0.4 is 10.1 Å². The Kier molecular flexibility index (Phi) is 12.8. The van der Waals surface area contributed by atoms with Crippen molar-refractivity contribution < 1.29 is 55.2 Å². The maximum absolute atomic E-state index is 13.7. The molecule has 3 aromatic rings. The number of anilines is 1. The number of benzene rings is 1. The second kappa shape index (κ2) is 16.4. The first-order valence-corrected chi connectivity index (χ1v) is 19.2. The van der Waals surface area contributed by atoms with Crippen LogP contribution in [0.5, 0.6) is 5.75 Å². The molecule has 0 bridgehead atoms. The number of β-lactam (4-membered cyclic amide) rings is 1. The summed E-state index contributed by atoms with van der Waals surface area (Å²) in [4.78, 5) is 66.1. The number of amides is 2. The Bertz CT molecular complexity index is 2030. The fourth-order valence-corrected chi connectivity index (χ4v) is 6.48. The predicted octanol–water partition coefficient (Wildman–Crippen LogP) is 4.37. The van der Waals surface area contributed by atoms with E-state index in [1.54, 1.807) is 32.9 Å². The fraction of sp³-hybridized carbons (Fsp3) is 0.514. The summed E-state index contributed by atoms with van der Waals surface area (Å²) in [5.41, 5.74) is -0.784. The third kappa shape index (κ3) is 11.7. The molecule has 4 rings (SSSR count). The van der Waals surface area contributed by atoms with Gasteiger partial charge in [0.25, 0.3) is 5.91 Å². The van der Waals surface area contributed by atoms with Crippen molar-refractivity contribution in [2.75, 3.05) is 39.6 Å². The number of oxime groups is 1. The molecule has 3 heterocycles. The minimum absolute atomic E-state index is 0.0474. The number of pyridine rings is 1. The number of hydrogen-bond donors (Lipinski definition) is 2. The SMILES string of the molecule is CC(=O)[C@H](COc1ccc2nc(CCC[N+](C)(C)C)ccc2c1)O/N=C(\C(=O)CC1C(=O)N(OS(=O)(=O)O)C1(C)C)c1csc(NC(=O)OC(C)(C)C)n1. The number of aromatic nitrogens is 2. The molecule has 17 nitrogen and oxygen atoms in total. The van der Waals surface area contributed by atoms with E-state index in [1.807, 2.05) is 18.2 Å². The molecule has 54 heavy (non-hydrogen) atoms. The quantitative estimate of drug-likeness (QED) is 0.0640. The number of nitrogens with zero attached hydrogens (tertiary/aromatic N) is 5. The van der Waals surface area contributed by atoms with Gasteiger partial charge in [-0.25, -0.2) is 9.78 Å². The van der Waals surface area contributed by atoms with Gasteiger partial charge >= 0.3 is 16.5 Å². The lowest BCUT2D eigenvalue weighted by molar-refractivity contribution is -0.870. The molecular weight excluding hydrogens is 745 g/mol. The van der Waals surface area contributed by atoms with Crippen molar-refractivity contribution in [2.45, 2.75) is 78.0 Å². The number of quaternary nitrogens is 1. The third-order valence-electron chi connectivity index (χ3n) is 8.16. The molecule has 0 saturated carbocycles. The second-order valence-electron chi connectivity index (χ2n) is 15.4. The van der Waals surface area contributed by atoms with Crippen LogP contribution in [0, 0.1) is 5.92 Å². The molecule has 2 atom stereocenters. The van der Waals surface area contributed by atoms with Gasteiger partial charge in [-0.1, -0.05) is 11.2 Å². The molecule has 1 fully saturated rings. The van der Waals surface area contributed by atoms with Gasteiger partial charge in [0.15, 0.2) is 22.4 Å². The van der Waals surface area contributed by atoms with Gasteiger partial charge in [0.2, 0.25) is 6.10 Å². The normalized spacial score (nSPS) is 16.8. The zero-order valence-electron chi connectivity index (χ0n) is 31.7. The van der Waals surface area contributed by atoms with Gasteiger partial charge in [0.05, 0.1) is 44.7 Å². The van der Waals surface area contributed by atoms with E-state index in [-0.39, 0.29) is 23.1 Å². The number of carbonyl (C=O) groups is 4. The van der Waals surface area contributed by atoms with E-state index in [4.69, 9.17) is 23.8 Å². The topological polar surface area (TPSA) is 213 Å². The Morgan fingerprint density at radius 3 is 2.44 bits per heavy atom. The van der Waals surface area contributed by atoms with Crippen LogP contribution in [0.15, 0.2) is 40.9 Å². The first-order valence-electron chi connectivity index (χ1n) is 17.0. The summed E-state index contributed by atoms with van der Waals surface area (Å²) in [5.74, 6) is -2.76. The summed E-state index contributed by atoms with van der Waals surface area (Å²) in [6, 6.07) is 9.26. The number of ether oxygens (including phenoxy) is 2. The Morgan fingerprint density at radius 2 is 1.83 bits per heavy atom. The van der Waals surface area contributed by atoms with Crippen LogP contribution in [0.25, 0.3) is 10.9 Å². The molecule has 19 heteroatoms. The van der Waals surface area contributed by atoms with Gasteiger partial charge < -0.3 is 18.8 Å². The number of rotatable bonds is 17. The Morgan fingerprint density at radius 1 is 1.13 bits per heavy atom. The van der Waals surface area contributed by atoms with E-state index in [1.165, 1.54) is 26.2 Å². The molecule has 1 aromatic carbocycles. The molecule has 2 amide bonds. The van der Waals surface area contributed by atoms with Gasteiger partial charge in [-0.3, -0.25) is 29.2 Å². The number of hydroxylamine groups is 2. The number of thiazole rings is 1. The lowest BCUT2D eigenvalue weighted by Crippen LogP contribution is -2.68. The average Bonchev–Trinajstić information content (AvgIpc) is 3.49. The largest absolute Gasteiger partial charge is 0.489 e. The number of ketones is 2. The van der Waals surface area contributed by atoms with Crippen molar-refractivity contribution in [3.63, 3.8) is 0 Å². The zero-order valence-corrected chi connectivity index (χ0v) is 33.4. The molecular formula is C35H47N6O11S2+. The molecule has 2 N–H and O–H groups in total. The zero-order chi connectivity index (χ0) is 40.2. The van der Waals surface area contributed by atoms with Crippen molar-refractivity contribution in [3.05, 3.63) is 47.1 Å². The molecule has 294 valence electrons. The number of Topliss-reactive ketones (excluding diaryl/α,β-unsaturated/α-hetero) is 2. The summed E-state index contributed by atoms with van der Waals surface area (Å²) in [6.45, 7) is 9.94. The van der Waals surface area contributed by atoms with Crippen molar-refractivity contribution >= 4 is 67.0 Å². The molecule has 1 saturated heterocycles. The highest BCUT2D eigenvalue weighted by Crippen LogP contribution is 2.40. The van der Waals surface area contributed by atoms with Crippen LogP contribution in [-0.4, -0.2) is 113 Å². The maximum Gasteiger partial charge on any atom is 0.418 e. The van der Waals surface area contributed by atoms with Crippen LogP contribution in [0.1, 0.15) is 65.8 Å². The Hall–Kier alpha value is -4.56. The minimum Gasteiger partial charge on any atom is -0.489 e. The maximum atomic E-state index is 13.7. The van der Waals surface area contributed by atoms with E-state index >= 15 is 0 Å². The van der Waals surface area contributed by atoms with Crippen molar-refractivity contribution in [1.29, 1.82) is 0 Å². The highest BCUT2D eigenvalue weighted by Gasteiger charge is 2.57. The number of hydrogen-bond acceptors (Lipinski definition) is 14. The molecule has 1 aliphatic heterocycles. The molecule has 0 radical (unpaired) electrons. The van der Waals surface area contributed by atoms with Crippen LogP contribution >= 0.6 is 11.3 Å². The standard InChI is InChI=1S/C35H46N6O11S2/c1-21(42)29(19-49-24-14-15-26-22(17-24)12-13-23(36-26)11-10-16-41(7,8)9)51-39-30(27-20-53-32(37-27)38-33(45)50-34(2,3)4)28(43)18-25-31(44)40(35(25,5)6)52-54(46,47)48/h12-15,17,20,25,29H,10-11,16,18-19H2,1-9H3,(H-,37,38,45,46,47,48)/p+1/b39-30-/t25?,29-/m0/s1. The van der Waals surface area contributed by atoms with E-state index in [0.29, 0.717) is 10.8 Å². The minimum atomic E-state index is -5.01. The number of aryl methyl sites for hydroxylation is 1. The van der Waals surface area contributed by atoms with E-state index in [0.717, 1.165) is 51.8 Å². The van der Waals surface area contributed by atoms with Crippen LogP contribution in [0.2, 0.25) is 0 Å². The molecule has 2 aromatic heterocycles. The summed E-state index contributed by atoms with van der Waals surface area (Å²) in [7, 11) is 1.43. The third-order valence-corrected chi connectivity index (χ3v) is 9.25. The Balaban J connectivity index is 1.52. The molecule has 0 spiro atoms. The summed E-state index contributed by atoms with van der Waals surface area (Å²) >= 11 is 0.951. The first kappa shape index (κ1) is 42.2. The highest BCUT2D eigenvalue weighted by molar-refractivity contribution is 7.80. The van der Waals surface area contributed by atoms with E-state index < -0.39 is 63.5 Å². The van der Waals surface area contributed by atoms with E-state index in [2.05, 4.69) is 40.9 Å². The average molecular weight is 792 g/mol. The van der Waals surface area contributed by atoms with Gasteiger partial charge in [-0.15, -0.1) is 15.6 Å². The van der Waals surface area contributed by atoms with Gasteiger partial charge in [0.1, 0.15) is 23.7 Å². The van der Waals surface area contributed by atoms with E-state index in [9.17, 15) is 27.6 Å². The lowest BCUT2D eigenvalue weighted by Gasteiger charge is -2.50. The van der Waals surface area contributed by atoms with Crippen LogP contribution in [0.3, 0.4) is 0 Å². The summed E-state index contributed by atoms with van der Waals surface area (Å²) < 4.78 is 48.0. The van der Waals surface area contributed by atoms with Crippen molar-refractivity contribution in [3.8, 4) is 5.75 Å². The van der Waals surface area contributed by atoms with Gasteiger partial charge in [-0.05, 0) is 72.2 Å². The molecule has 0 aliphatic carbocycles. The molecule has 1 unspecified atom stereocenters. The lowest BCUT2D eigenvalue weighted by atomic mass is 9.74. The van der Waals surface area contributed by atoms with Gasteiger partial charge in [0, 0.05) is 29.3 Å². The number of carbonyl (C=O) groups excluding carboxylic acids is 4. The smallest absolute Gasteiger partial charge is 0.418 e. The van der Waals surface area contributed by atoms with Crippen LogP contribution in [0.4, 0.5) is 9.93 Å². The highest BCUT2D eigenvalue weighted by atomic mass is 32.3. The first-order chi connectivity index (χ1) is 24.9. The van der Waals surface area contributed by atoms with Crippen molar-refractivity contribution in [2.24, 2.45) is 11.1 Å². The monoisotopic (exact) mass is 791 g/mol. The second-order valence-corrected chi connectivity index (χ2v) is 17.2. The number of fused-ring (bicyclic) bond motifs is 1. The number of nitrogens with one attached hydrogen (secondary N) is 1. The fourth-order valence-electron chi connectivity index (χ4n) is 5.34. The van der Waals surface area contributed by atoms with Gasteiger partial charge in [-0.2, -0.15) is 13.5 Å². The Labute approximate surface area is 318 Å². The van der Waals surface area contributed by atoms with Crippen molar-refractivity contribution in [1.82, 2.24) is 15.0 Å². The summed E-state index contributed by atoms with van der Waals surface area (Å²) in [5, 5.41) is 9.24.